The van der Waals surface area contributed by atoms with Crippen molar-refractivity contribution < 1.29 is 15.3 Å². The number of rotatable bonds is 11. The highest BCUT2D eigenvalue weighted by Crippen LogP contribution is 2.28. The van der Waals surface area contributed by atoms with Crippen LogP contribution in [-0.2, 0) is 6.42 Å². The number of hydrogen-bond donors (Lipinski definition) is 4. The molecule has 0 aromatic heterocycles. The van der Waals surface area contributed by atoms with Crippen LogP contribution in [0.4, 0.5) is 0 Å². The van der Waals surface area contributed by atoms with Gasteiger partial charge in [0.15, 0.2) is 0 Å². The first kappa shape index (κ1) is 21.1. The van der Waals surface area contributed by atoms with E-state index in [1.165, 1.54) is 31.2 Å². The summed E-state index contributed by atoms with van der Waals surface area (Å²) in [7, 11) is 0. The summed E-state index contributed by atoms with van der Waals surface area (Å²) in [6, 6.07) is 12.3. The lowest BCUT2D eigenvalue weighted by Crippen LogP contribution is -2.48. The molecular formula is C21H30ClNO3. The van der Waals surface area contributed by atoms with Crippen LogP contribution in [0.3, 0.4) is 0 Å². The van der Waals surface area contributed by atoms with E-state index in [-0.39, 0.29) is 19.6 Å². The van der Waals surface area contributed by atoms with Crippen LogP contribution in [0, 0.1) is 0 Å². The minimum absolute atomic E-state index is 0.116. The molecule has 4 N–H and O–H groups in total. The first-order chi connectivity index (χ1) is 12.6. The van der Waals surface area contributed by atoms with E-state index < -0.39 is 11.6 Å². The van der Waals surface area contributed by atoms with Gasteiger partial charge in [-0.2, -0.15) is 0 Å². The Labute approximate surface area is 160 Å². The lowest BCUT2D eigenvalue weighted by molar-refractivity contribution is 0.0526. The first-order valence-electron chi connectivity index (χ1n) is 9.37. The van der Waals surface area contributed by atoms with E-state index in [4.69, 9.17) is 11.8 Å². The van der Waals surface area contributed by atoms with E-state index >= 15 is 0 Å². The molecule has 0 spiro atoms. The molecule has 0 heterocycles. The van der Waals surface area contributed by atoms with E-state index in [0.29, 0.717) is 0 Å². The standard InChI is InChI=1S/C21H30ClNO3/c1-2-3-4-5-6-16-7-8-18-12-19(10-9-17(18)11-16)20(26)13-21(14-24,15-25)23-22/h7-12,20,23-26H,2-6,13-15H2,1H3. The van der Waals surface area contributed by atoms with Crippen molar-refractivity contribution in [3.63, 3.8) is 0 Å². The SMILES string of the molecule is CCCCCCc1ccc2cc(C(O)CC(CO)(CO)NCl)ccc2c1. The first-order valence-corrected chi connectivity index (χ1v) is 9.75. The highest BCUT2D eigenvalue weighted by Gasteiger charge is 2.31. The van der Waals surface area contributed by atoms with Gasteiger partial charge in [0.1, 0.15) is 0 Å². The van der Waals surface area contributed by atoms with E-state index in [9.17, 15) is 15.3 Å². The molecule has 0 saturated carbocycles. The van der Waals surface area contributed by atoms with E-state index in [1.54, 1.807) is 0 Å². The average molecular weight is 380 g/mol. The van der Waals surface area contributed by atoms with Crippen LogP contribution in [0.25, 0.3) is 10.8 Å². The Morgan fingerprint density at radius 2 is 1.69 bits per heavy atom. The molecule has 1 atom stereocenters. The van der Waals surface area contributed by atoms with Crippen LogP contribution in [-0.4, -0.2) is 34.1 Å². The topological polar surface area (TPSA) is 72.7 Å². The largest absolute Gasteiger partial charge is 0.394 e. The van der Waals surface area contributed by atoms with Crippen molar-refractivity contribution in [2.24, 2.45) is 0 Å². The summed E-state index contributed by atoms with van der Waals surface area (Å²) >= 11 is 5.65. The minimum atomic E-state index is -1.11. The lowest BCUT2D eigenvalue weighted by atomic mass is 9.90. The van der Waals surface area contributed by atoms with Crippen molar-refractivity contribution in [1.82, 2.24) is 4.84 Å². The van der Waals surface area contributed by atoms with Gasteiger partial charge in [-0.05, 0) is 52.6 Å². The van der Waals surface area contributed by atoms with Crippen LogP contribution in [0.15, 0.2) is 36.4 Å². The van der Waals surface area contributed by atoms with E-state index in [0.717, 1.165) is 22.8 Å². The second-order valence-corrected chi connectivity index (χ2v) is 7.35. The van der Waals surface area contributed by atoms with E-state index in [2.05, 4.69) is 30.0 Å². The fourth-order valence-corrected chi connectivity index (χ4v) is 3.39. The predicted molar refractivity (Wildman–Crippen MR) is 107 cm³/mol. The molecule has 5 heteroatoms. The molecule has 0 aliphatic rings. The highest BCUT2D eigenvalue weighted by molar-refractivity contribution is 6.13. The molecular weight excluding hydrogens is 350 g/mol. The third kappa shape index (κ3) is 5.41. The maximum Gasteiger partial charge on any atom is 0.0819 e. The molecule has 144 valence electrons. The van der Waals surface area contributed by atoms with Gasteiger partial charge in [0.2, 0.25) is 0 Å². The summed E-state index contributed by atoms with van der Waals surface area (Å²) in [4.78, 5) is 2.40. The fraction of sp³-hybridized carbons (Fsp3) is 0.524. The quantitative estimate of drug-likeness (QED) is 0.353. The minimum Gasteiger partial charge on any atom is -0.394 e. The van der Waals surface area contributed by atoms with Gasteiger partial charge in [-0.1, -0.05) is 56.5 Å². The second-order valence-electron chi connectivity index (χ2n) is 7.16. The third-order valence-electron chi connectivity index (χ3n) is 5.02. The zero-order chi connectivity index (χ0) is 19.0. The Hall–Kier alpha value is -1.17. The Bertz CT molecular complexity index is 680. The van der Waals surface area contributed by atoms with Crippen LogP contribution < -0.4 is 4.84 Å². The maximum absolute atomic E-state index is 10.5. The zero-order valence-electron chi connectivity index (χ0n) is 15.4. The van der Waals surface area contributed by atoms with Crippen LogP contribution >= 0.6 is 11.8 Å². The zero-order valence-corrected chi connectivity index (χ0v) is 16.2. The molecule has 1 unspecified atom stereocenters. The molecule has 0 aliphatic carbocycles. The molecule has 0 saturated heterocycles. The molecule has 4 nitrogen and oxygen atoms in total. The number of unbranched alkanes of at least 4 members (excludes halogenated alkanes) is 3. The van der Waals surface area contributed by atoms with Gasteiger partial charge in [-0.15, -0.1) is 0 Å². The number of aliphatic hydroxyl groups is 3. The molecule has 26 heavy (non-hydrogen) atoms. The maximum atomic E-state index is 10.5. The van der Waals surface area contributed by atoms with Crippen molar-refractivity contribution in [2.45, 2.75) is 57.1 Å². The molecule has 0 aliphatic heterocycles. The summed E-state index contributed by atoms with van der Waals surface area (Å²) in [5.41, 5.74) is 0.970. The average Bonchev–Trinajstić information content (AvgIpc) is 2.69. The Morgan fingerprint density at radius 3 is 2.35 bits per heavy atom. The molecule has 2 rings (SSSR count). The van der Waals surface area contributed by atoms with Gasteiger partial charge in [-0.3, -0.25) is 0 Å². The molecule has 2 aromatic carbocycles. The predicted octanol–water partition coefficient (Wildman–Crippen LogP) is 3.85. The smallest absolute Gasteiger partial charge is 0.0819 e. The second kappa shape index (κ2) is 10.2. The van der Waals surface area contributed by atoms with Crippen LogP contribution in [0.2, 0.25) is 0 Å². The number of aliphatic hydroxyl groups excluding tert-OH is 3. The number of nitrogens with one attached hydrogen (secondary N) is 1. The number of benzene rings is 2. The summed E-state index contributed by atoms with van der Waals surface area (Å²) in [5, 5.41) is 31.7. The van der Waals surface area contributed by atoms with Crippen molar-refractivity contribution in [1.29, 1.82) is 0 Å². The monoisotopic (exact) mass is 379 g/mol. The van der Waals surface area contributed by atoms with Gasteiger partial charge in [-0.25, -0.2) is 4.84 Å². The number of halogens is 1. The number of fused-ring (bicyclic) bond motifs is 1. The van der Waals surface area contributed by atoms with E-state index in [1.807, 2.05) is 18.2 Å². The molecule has 0 bridgehead atoms. The van der Waals surface area contributed by atoms with Crippen LogP contribution in [0.5, 0.6) is 0 Å². The number of aryl methyl sites for hydroxylation is 1. The van der Waals surface area contributed by atoms with Crippen molar-refractivity contribution in [3.8, 4) is 0 Å². The summed E-state index contributed by atoms with van der Waals surface area (Å²) in [5.74, 6) is 0. The summed E-state index contributed by atoms with van der Waals surface area (Å²) < 4.78 is 0. The fourth-order valence-electron chi connectivity index (χ4n) is 3.20. The highest BCUT2D eigenvalue weighted by atomic mass is 35.5. The normalized spacial score (nSPS) is 13.3. The molecule has 2 aromatic rings. The molecule has 0 radical (unpaired) electrons. The third-order valence-corrected chi connectivity index (χ3v) is 5.42. The Balaban J connectivity index is 2.11. The molecule has 0 amide bonds. The van der Waals surface area contributed by atoms with Crippen LogP contribution in [0.1, 0.15) is 56.3 Å². The van der Waals surface area contributed by atoms with Gasteiger partial charge < -0.3 is 15.3 Å². The summed E-state index contributed by atoms with van der Waals surface area (Å²) in [6.45, 7) is 1.49. The van der Waals surface area contributed by atoms with Gasteiger partial charge in [0, 0.05) is 6.42 Å². The Morgan fingerprint density at radius 1 is 1.00 bits per heavy atom. The number of hydrogen-bond acceptors (Lipinski definition) is 4. The van der Waals surface area contributed by atoms with Gasteiger partial charge in [0.25, 0.3) is 0 Å². The van der Waals surface area contributed by atoms with Gasteiger partial charge >= 0.3 is 0 Å². The molecule has 0 fully saturated rings. The Kier molecular flexibility index (Phi) is 8.32. The van der Waals surface area contributed by atoms with Gasteiger partial charge in [0.05, 0.1) is 24.9 Å². The van der Waals surface area contributed by atoms with Crippen molar-refractivity contribution >= 4 is 22.5 Å². The summed E-state index contributed by atoms with van der Waals surface area (Å²) in [6.07, 6.45) is 5.39. The van der Waals surface area contributed by atoms with Crippen molar-refractivity contribution in [2.75, 3.05) is 13.2 Å². The van der Waals surface area contributed by atoms with Crippen molar-refractivity contribution in [3.05, 3.63) is 47.5 Å². The lowest BCUT2D eigenvalue weighted by Gasteiger charge is -2.30.